The molecule has 4 nitrogen and oxygen atoms in total. The molecule has 0 saturated heterocycles. The summed E-state index contributed by atoms with van der Waals surface area (Å²) in [5.41, 5.74) is 6.77. The van der Waals surface area contributed by atoms with E-state index in [1.165, 1.54) is 5.56 Å². The molecule has 160 valence electrons. The van der Waals surface area contributed by atoms with Crippen molar-refractivity contribution >= 4 is 22.4 Å². The first-order chi connectivity index (χ1) is 15.6. The summed E-state index contributed by atoms with van der Waals surface area (Å²) in [6.07, 6.45) is 4.98. The fourth-order valence-electron chi connectivity index (χ4n) is 3.73. The van der Waals surface area contributed by atoms with Gasteiger partial charge in [0.25, 0.3) is 0 Å². The highest BCUT2D eigenvalue weighted by Gasteiger charge is 2.15. The number of carbonyl (C=O) groups excluding carboxylic acids is 1. The maximum absolute atomic E-state index is 12.1. The maximum Gasteiger partial charge on any atom is 0.244 e. The molecule has 4 heteroatoms. The molecular formula is C28H25NO3. The van der Waals surface area contributed by atoms with Gasteiger partial charge in [-0.25, -0.2) is 0 Å². The molecule has 0 unspecified atom stereocenters. The maximum atomic E-state index is 12.1. The van der Waals surface area contributed by atoms with Crippen molar-refractivity contribution < 1.29 is 13.9 Å². The average molecular weight is 424 g/mol. The van der Waals surface area contributed by atoms with Crippen LogP contribution in [0.5, 0.6) is 5.75 Å². The summed E-state index contributed by atoms with van der Waals surface area (Å²) in [6.45, 7) is 5.94. The van der Waals surface area contributed by atoms with Crippen molar-refractivity contribution in [2.45, 2.75) is 6.92 Å². The standard InChI is InChI=1S/C28H25NO3/c1-4-14-29-28(30)15-19(2)23-16-24-25(18-32-27(24)17-26(23)31-3)22-12-10-21(11-13-22)20-8-6-5-7-9-20/h4-13,15-18H,1,14H2,2-3H3,(H,29,30)/b19-15+. The van der Waals surface area contributed by atoms with Gasteiger partial charge in [0.1, 0.15) is 11.3 Å². The van der Waals surface area contributed by atoms with E-state index >= 15 is 0 Å². The Hall–Kier alpha value is -4.05. The lowest BCUT2D eigenvalue weighted by Gasteiger charge is -2.10. The smallest absolute Gasteiger partial charge is 0.244 e. The van der Waals surface area contributed by atoms with Crippen LogP contribution in [0.15, 0.2) is 96.1 Å². The van der Waals surface area contributed by atoms with Gasteiger partial charge in [0.15, 0.2) is 0 Å². The molecule has 1 amide bonds. The minimum absolute atomic E-state index is 0.173. The summed E-state index contributed by atoms with van der Waals surface area (Å²) in [5.74, 6) is 0.483. The predicted molar refractivity (Wildman–Crippen MR) is 130 cm³/mol. The van der Waals surface area contributed by atoms with Gasteiger partial charge in [0, 0.05) is 35.2 Å². The van der Waals surface area contributed by atoms with Crippen LogP contribution < -0.4 is 10.1 Å². The zero-order valence-electron chi connectivity index (χ0n) is 18.2. The molecule has 0 spiro atoms. The van der Waals surface area contributed by atoms with Gasteiger partial charge >= 0.3 is 0 Å². The van der Waals surface area contributed by atoms with Crippen LogP contribution >= 0.6 is 0 Å². The predicted octanol–water partition coefficient (Wildman–Crippen LogP) is 6.48. The molecule has 1 aromatic heterocycles. The molecule has 32 heavy (non-hydrogen) atoms. The number of hydrogen-bond donors (Lipinski definition) is 1. The summed E-state index contributed by atoms with van der Waals surface area (Å²) < 4.78 is 11.4. The lowest BCUT2D eigenvalue weighted by atomic mass is 9.97. The SMILES string of the molecule is C=CCNC(=O)/C=C(\C)c1cc2c(-c3ccc(-c4ccccc4)cc3)coc2cc1OC. The Kier molecular flexibility index (Phi) is 6.22. The van der Waals surface area contributed by atoms with Crippen LogP contribution in [-0.4, -0.2) is 19.6 Å². The molecule has 4 rings (SSSR count). The number of hydrogen-bond acceptors (Lipinski definition) is 3. The molecular weight excluding hydrogens is 398 g/mol. The van der Waals surface area contributed by atoms with Crippen molar-refractivity contribution in [1.29, 1.82) is 0 Å². The highest BCUT2D eigenvalue weighted by atomic mass is 16.5. The van der Waals surface area contributed by atoms with Crippen molar-refractivity contribution in [3.63, 3.8) is 0 Å². The Morgan fingerprint density at radius 2 is 1.72 bits per heavy atom. The summed E-state index contributed by atoms with van der Waals surface area (Å²) in [7, 11) is 1.61. The molecule has 0 bridgehead atoms. The molecule has 0 saturated carbocycles. The fourth-order valence-corrected chi connectivity index (χ4v) is 3.73. The third kappa shape index (κ3) is 4.35. The fraction of sp³-hybridized carbons (Fsp3) is 0.107. The average Bonchev–Trinajstić information content (AvgIpc) is 3.25. The monoisotopic (exact) mass is 423 g/mol. The minimum Gasteiger partial charge on any atom is -0.496 e. The zero-order valence-corrected chi connectivity index (χ0v) is 18.2. The van der Waals surface area contributed by atoms with Crippen molar-refractivity contribution in [2.24, 2.45) is 0 Å². The van der Waals surface area contributed by atoms with Crippen LogP contribution in [0.4, 0.5) is 0 Å². The third-order valence-electron chi connectivity index (χ3n) is 5.39. The van der Waals surface area contributed by atoms with Gasteiger partial charge in [-0.1, -0.05) is 60.7 Å². The lowest BCUT2D eigenvalue weighted by molar-refractivity contribution is -0.116. The highest BCUT2D eigenvalue weighted by molar-refractivity contribution is 6.00. The van der Waals surface area contributed by atoms with E-state index in [0.717, 1.165) is 38.8 Å². The Labute approximate surface area is 187 Å². The van der Waals surface area contributed by atoms with Gasteiger partial charge in [-0.15, -0.1) is 6.58 Å². The Morgan fingerprint density at radius 1 is 1.03 bits per heavy atom. The van der Waals surface area contributed by atoms with Crippen LogP contribution in [0.1, 0.15) is 12.5 Å². The Balaban J connectivity index is 1.72. The molecule has 0 aliphatic heterocycles. The number of allylic oxidation sites excluding steroid dienone is 1. The topological polar surface area (TPSA) is 51.5 Å². The molecule has 0 aliphatic rings. The number of fused-ring (bicyclic) bond motifs is 1. The van der Waals surface area contributed by atoms with E-state index < -0.39 is 0 Å². The number of nitrogens with one attached hydrogen (secondary N) is 1. The largest absolute Gasteiger partial charge is 0.496 e. The molecule has 1 heterocycles. The zero-order chi connectivity index (χ0) is 22.5. The van der Waals surface area contributed by atoms with Gasteiger partial charge in [-0.05, 0) is 35.3 Å². The molecule has 0 radical (unpaired) electrons. The number of benzene rings is 3. The minimum atomic E-state index is -0.173. The van der Waals surface area contributed by atoms with Crippen LogP contribution in [0, 0.1) is 0 Å². The van der Waals surface area contributed by atoms with E-state index in [0.29, 0.717) is 12.3 Å². The van der Waals surface area contributed by atoms with Crippen molar-refractivity contribution in [2.75, 3.05) is 13.7 Å². The van der Waals surface area contributed by atoms with E-state index in [4.69, 9.17) is 9.15 Å². The number of rotatable bonds is 7. The highest BCUT2D eigenvalue weighted by Crippen LogP contribution is 2.37. The Bertz CT molecular complexity index is 1280. The van der Waals surface area contributed by atoms with Gasteiger partial charge in [0.05, 0.1) is 13.4 Å². The third-order valence-corrected chi connectivity index (χ3v) is 5.39. The van der Waals surface area contributed by atoms with E-state index in [2.05, 4.69) is 48.3 Å². The molecule has 0 aliphatic carbocycles. The van der Waals surface area contributed by atoms with Crippen molar-refractivity contribution in [3.05, 3.63) is 97.3 Å². The molecule has 3 aromatic carbocycles. The molecule has 4 aromatic rings. The van der Waals surface area contributed by atoms with Gasteiger partial charge < -0.3 is 14.5 Å². The number of methoxy groups -OCH3 is 1. The number of carbonyl (C=O) groups is 1. The normalized spacial score (nSPS) is 11.4. The molecule has 0 atom stereocenters. The summed E-state index contributed by atoms with van der Waals surface area (Å²) in [6, 6.07) is 22.6. The van der Waals surface area contributed by atoms with E-state index in [1.807, 2.05) is 37.3 Å². The second-order valence-corrected chi connectivity index (χ2v) is 7.50. The van der Waals surface area contributed by atoms with E-state index in [-0.39, 0.29) is 5.91 Å². The van der Waals surface area contributed by atoms with Crippen LogP contribution in [0.3, 0.4) is 0 Å². The van der Waals surface area contributed by atoms with Crippen molar-refractivity contribution in [3.8, 4) is 28.0 Å². The van der Waals surface area contributed by atoms with Crippen LogP contribution in [-0.2, 0) is 4.79 Å². The second kappa shape index (κ2) is 9.40. The van der Waals surface area contributed by atoms with Gasteiger partial charge in [-0.2, -0.15) is 0 Å². The van der Waals surface area contributed by atoms with E-state index in [9.17, 15) is 4.79 Å². The lowest BCUT2D eigenvalue weighted by Crippen LogP contribution is -2.20. The quantitative estimate of drug-likeness (QED) is 0.273. The second-order valence-electron chi connectivity index (χ2n) is 7.50. The van der Waals surface area contributed by atoms with Crippen LogP contribution in [0.25, 0.3) is 38.8 Å². The van der Waals surface area contributed by atoms with Crippen molar-refractivity contribution in [1.82, 2.24) is 5.32 Å². The molecule has 0 fully saturated rings. The van der Waals surface area contributed by atoms with Gasteiger partial charge in [-0.3, -0.25) is 4.79 Å². The number of ether oxygens (including phenoxy) is 1. The van der Waals surface area contributed by atoms with Gasteiger partial charge in [0.2, 0.25) is 5.91 Å². The first-order valence-corrected chi connectivity index (χ1v) is 10.4. The first kappa shape index (κ1) is 21.2. The summed E-state index contributed by atoms with van der Waals surface area (Å²) in [4.78, 5) is 12.1. The first-order valence-electron chi connectivity index (χ1n) is 10.4. The number of furan rings is 1. The van der Waals surface area contributed by atoms with Crippen LogP contribution in [0.2, 0.25) is 0 Å². The molecule has 1 N–H and O–H groups in total. The number of amides is 1. The van der Waals surface area contributed by atoms with E-state index in [1.54, 1.807) is 25.5 Å². The summed E-state index contributed by atoms with van der Waals surface area (Å²) >= 11 is 0. The summed E-state index contributed by atoms with van der Waals surface area (Å²) in [5, 5.41) is 3.73. The Morgan fingerprint density at radius 3 is 2.41 bits per heavy atom.